The molecule has 0 saturated carbocycles. The van der Waals surface area contributed by atoms with Crippen molar-refractivity contribution < 1.29 is 4.79 Å². The fourth-order valence-corrected chi connectivity index (χ4v) is 3.06. The highest BCUT2D eigenvalue weighted by Crippen LogP contribution is 2.36. The minimum Gasteiger partial charge on any atom is -0.299 e. The minimum absolute atomic E-state index is 0.328. The lowest BCUT2D eigenvalue weighted by atomic mass is 9.82. The summed E-state index contributed by atoms with van der Waals surface area (Å²) in [5.74, 6) is 0.816. The molecule has 0 spiro atoms. The molecule has 3 atom stereocenters. The summed E-state index contributed by atoms with van der Waals surface area (Å²) in [6, 6.07) is 11.2. The number of benzene rings is 1. The van der Waals surface area contributed by atoms with Crippen LogP contribution in [-0.2, 0) is 4.79 Å². The Bertz CT molecular complexity index is 387. The number of carbonyl (C=O) groups is 1. The Labute approximate surface area is 96.3 Å². The van der Waals surface area contributed by atoms with E-state index < -0.39 is 0 Å². The van der Waals surface area contributed by atoms with E-state index in [1.54, 1.807) is 0 Å². The summed E-state index contributed by atoms with van der Waals surface area (Å²) in [7, 11) is 0. The molecule has 1 unspecified atom stereocenters. The van der Waals surface area contributed by atoms with Crippen LogP contribution in [0, 0.1) is 5.92 Å². The maximum absolute atomic E-state index is 11.6. The smallest absolute Gasteiger partial charge is 0.138 e. The van der Waals surface area contributed by atoms with Gasteiger partial charge in [0.05, 0.1) is 0 Å². The van der Waals surface area contributed by atoms with E-state index in [1.807, 2.05) is 0 Å². The second-order valence-corrected chi connectivity index (χ2v) is 4.91. The van der Waals surface area contributed by atoms with Gasteiger partial charge >= 0.3 is 0 Å². The highest BCUT2D eigenvalue weighted by Gasteiger charge is 2.36. The lowest BCUT2D eigenvalue weighted by molar-refractivity contribution is -0.129. The molecule has 2 nitrogen and oxygen atoms in total. The minimum atomic E-state index is 0.328. The van der Waals surface area contributed by atoms with Crippen molar-refractivity contribution in [3.05, 3.63) is 35.9 Å². The molecule has 0 radical (unpaired) electrons. The van der Waals surface area contributed by atoms with E-state index in [1.165, 1.54) is 5.56 Å². The lowest BCUT2D eigenvalue weighted by Crippen LogP contribution is -2.46. The Morgan fingerprint density at radius 2 is 1.94 bits per heavy atom. The van der Waals surface area contributed by atoms with Gasteiger partial charge in [-0.2, -0.15) is 0 Å². The van der Waals surface area contributed by atoms with Crippen LogP contribution in [0.2, 0.25) is 0 Å². The van der Waals surface area contributed by atoms with Crippen LogP contribution < -0.4 is 0 Å². The van der Waals surface area contributed by atoms with Crippen LogP contribution in [-0.4, -0.2) is 23.8 Å². The first-order valence-corrected chi connectivity index (χ1v) is 6.16. The monoisotopic (exact) mass is 215 g/mol. The molecule has 2 heteroatoms. The van der Waals surface area contributed by atoms with E-state index in [2.05, 4.69) is 35.2 Å². The average molecular weight is 215 g/mol. The van der Waals surface area contributed by atoms with E-state index in [-0.39, 0.29) is 0 Å². The number of carbonyl (C=O) groups excluding carboxylic acids is 1. The molecule has 0 aromatic heterocycles. The number of rotatable bonds is 1. The average Bonchev–Trinajstić information content (AvgIpc) is 2.35. The summed E-state index contributed by atoms with van der Waals surface area (Å²) in [5.41, 5.74) is 1.41. The molecular formula is C14H17NO. The summed E-state index contributed by atoms with van der Waals surface area (Å²) in [6.45, 7) is 1.94. The third kappa shape index (κ3) is 1.67. The van der Waals surface area contributed by atoms with Gasteiger partial charge in [-0.05, 0) is 18.4 Å². The Hall–Kier alpha value is -1.15. The van der Waals surface area contributed by atoms with E-state index in [0.717, 1.165) is 32.4 Å². The third-order valence-corrected chi connectivity index (χ3v) is 3.97. The molecule has 2 bridgehead atoms. The van der Waals surface area contributed by atoms with Crippen LogP contribution in [0.25, 0.3) is 0 Å². The first-order chi connectivity index (χ1) is 7.84. The zero-order chi connectivity index (χ0) is 11.0. The molecule has 2 fully saturated rings. The van der Waals surface area contributed by atoms with Crippen molar-refractivity contribution in [2.45, 2.75) is 25.3 Å². The number of ketones is 1. The van der Waals surface area contributed by atoms with Crippen LogP contribution in [0.1, 0.15) is 30.9 Å². The van der Waals surface area contributed by atoms with Gasteiger partial charge in [-0.1, -0.05) is 30.3 Å². The van der Waals surface area contributed by atoms with E-state index in [0.29, 0.717) is 17.7 Å². The number of fused-ring (bicyclic) bond motifs is 2. The summed E-state index contributed by atoms with van der Waals surface area (Å²) in [5, 5.41) is 0. The van der Waals surface area contributed by atoms with Crippen molar-refractivity contribution in [2.24, 2.45) is 5.92 Å². The maximum atomic E-state index is 11.6. The molecule has 3 rings (SSSR count). The number of Topliss-reactive ketones (excluding diaryl/α,β-unsaturated/α-hetero) is 1. The molecule has 2 saturated heterocycles. The van der Waals surface area contributed by atoms with Gasteiger partial charge in [0, 0.05) is 31.5 Å². The Morgan fingerprint density at radius 3 is 2.75 bits per heavy atom. The van der Waals surface area contributed by atoms with Gasteiger partial charge in [0.25, 0.3) is 0 Å². The molecule has 0 aliphatic carbocycles. The summed E-state index contributed by atoms with van der Waals surface area (Å²) >= 11 is 0. The highest BCUT2D eigenvalue weighted by atomic mass is 16.1. The summed E-state index contributed by atoms with van der Waals surface area (Å²) in [6.07, 6.45) is 2.98. The Balaban J connectivity index is 1.82. The first-order valence-electron chi connectivity index (χ1n) is 6.16. The van der Waals surface area contributed by atoms with Gasteiger partial charge in [-0.25, -0.2) is 0 Å². The molecule has 16 heavy (non-hydrogen) atoms. The van der Waals surface area contributed by atoms with E-state index in [4.69, 9.17) is 0 Å². The van der Waals surface area contributed by atoms with Crippen LogP contribution in [0.4, 0.5) is 0 Å². The normalized spacial score (nSPS) is 33.8. The van der Waals surface area contributed by atoms with Gasteiger partial charge in [-0.3, -0.25) is 9.69 Å². The van der Waals surface area contributed by atoms with Crippen molar-refractivity contribution in [1.82, 2.24) is 4.90 Å². The lowest BCUT2D eigenvalue weighted by Gasteiger charge is -2.42. The zero-order valence-corrected chi connectivity index (χ0v) is 9.43. The predicted octanol–water partition coefficient (Wildman–Crippen LogP) is 2.41. The van der Waals surface area contributed by atoms with Gasteiger partial charge in [0.2, 0.25) is 0 Å². The molecule has 0 amide bonds. The maximum Gasteiger partial charge on any atom is 0.138 e. The predicted molar refractivity (Wildman–Crippen MR) is 63.1 cm³/mol. The van der Waals surface area contributed by atoms with Crippen molar-refractivity contribution >= 4 is 5.78 Å². The second-order valence-electron chi connectivity index (χ2n) is 4.91. The van der Waals surface area contributed by atoms with Crippen LogP contribution in [0.3, 0.4) is 0 Å². The summed E-state index contributed by atoms with van der Waals surface area (Å²) in [4.78, 5) is 14.1. The van der Waals surface area contributed by atoms with Gasteiger partial charge < -0.3 is 0 Å². The van der Waals surface area contributed by atoms with Crippen molar-refractivity contribution in [1.29, 1.82) is 0 Å². The topological polar surface area (TPSA) is 20.3 Å². The van der Waals surface area contributed by atoms with E-state index >= 15 is 0 Å². The summed E-state index contributed by atoms with van der Waals surface area (Å²) < 4.78 is 0. The fourth-order valence-electron chi connectivity index (χ4n) is 3.06. The quantitative estimate of drug-likeness (QED) is 0.717. The molecule has 2 aliphatic heterocycles. The Kier molecular flexibility index (Phi) is 2.52. The van der Waals surface area contributed by atoms with Crippen molar-refractivity contribution in [3.8, 4) is 0 Å². The van der Waals surface area contributed by atoms with Gasteiger partial charge in [-0.15, -0.1) is 0 Å². The third-order valence-electron chi connectivity index (χ3n) is 3.97. The van der Waals surface area contributed by atoms with Crippen molar-refractivity contribution in [2.75, 3.05) is 13.1 Å². The number of hydrogen-bond donors (Lipinski definition) is 0. The van der Waals surface area contributed by atoms with Gasteiger partial charge in [0.1, 0.15) is 5.78 Å². The SMILES string of the molecule is O=C1CCN2C[C@H]1CC[C@@H]2c1ccccc1. The highest BCUT2D eigenvalue weighted by molar-refractivity contribution is 5.82. The molecule has 0 N–H and O–H groups in total. The Morgan fingerprint density at radius 1 is 1.12 bits per heavy atom. The molecule has 2 heterocycles. The molecule has 84 valence electrons. The van der Waals surface area contributed by atoms with Crippen LogP contribution >= 0.6 is 0 Å². The van der Waals surface area contributed by atoms with Crippen molar-refractivity contribution in [3.63, 3.8) is 0 Å². The van der Waals surface area contributed by atoms with Gasteiger partial charge in [0.15, 0.2) is 0 Å². The standard InChI is InChI=1S/C14H17NO/c16-14-8-9-15-10-12(14)6-7-13(15)11-4-2-1-3-5-11/h1-5,12-13H,6-10H2/t12-,13-/m1/s1. The molecular weight excluding hydrogens is 198 g/mol. The van der Waals surface area contributed by atoms with Crippen LogP contribution in [0.5, 0.6) is 0 Å². The van der Waals surface area contributed by atoms with E-state index in [9.17, 15) is 4.79 Å². The molecule has 1 aromatic rings. The first kappa shape index (κ1) is 10.0. The zero-order valence-electron chi connectivity index (χ0n) is 9.43. The number of nitrogens with zero attached hydrogens (tertiary/aromatic N) is 1. The number of hydrogen-bond acceptors (Lipinski definition) is 2. The molecule has 1 aromatic carbocycles. The van der Waals surface area contributed by atoms with Crippen LogP contribution in [0.15, 0.2) is 30.3 Å². The second kappa shape index (κ2) is 4.02. The fraction of sp³-hybridized carbons (Fsp3) is 0.500. The number of piperidine rings is 2. The molecule has 2 aliphatic rings. The largest absolute Gasteiger partial charge is 0.299 e.